The summed E-state index contributed by atoms with van der Waals surface area (Å²) in [6, 6.07) is -5.16. The van der Waals surface area contributed by atoms with E-state index in [9.17, 15) is 33.9 Å². The van der Waals surface area contributed by atoms with Gasteiger partial charge in [-0.05, 0) is 51.5 Å². The smallest absolute Gasteiger partial charge is 0.326 e. The molecule has 39 heavy (non-hydrogen) atoms. The number of nitrogens with zero attached hydrogens (tertiary/aromatic N) is 1. The van der Waals surface area contributed by atoms with Gasteiger partial charge in [-0.3, -0.25) is 29.0 Å². The van der Waals surface area contributed by atoms with E-state index in [1.165, 1.54) is 0 Å². The quantitative estimate of drug-likeness (QED) is 0.0367. The highest BCUT2D eigenvalue weighted by atomic mass is 16.4. The number of hydrogen-bond acceptors (Lipinski definition) is 9. The molecule has 0 bridgehead atoms. The summed E-state index contributed by atoms with van der Waals surface area (Å²) >= 11 is 0. The summed E-state index contributed by atoms with van der Waals surface area (Å²) in [5, 5.41) is 25.5. The van der Waals surface area contributed by atoms with Gasteiger partial charge in [0.25, 0.3) is 0 Å². The van der Waals surface area contributed by atoms with Gasteiger partial charge in [0, 0.05) is 19.4 Å². The lowest BCUT2D eigenvalue weighted by molar-refractivity contribution is -0.143. The molecule has 0 saturated heterocycles. The van der Waals surface area contributed by atoms with Crippen LogP contribution < -0.4 is 44.6 Å². The molecule has 0 aromatic carbocycles. The van der Waals surface area contributed by atoms with Crippen LogP contribution >= 0.6 is 0 Å². The summed E-state index contributed by atoms with van der Waals surface area (Å²) in [5.74, 6) is -6.04. The van der Waals surface area contributed by atoms with E-state index < -0.39 is 66.2 Å². The summed E-state index contributed by atoms with van der Waals surface area (Å²) in [7, 11) is 0. The molecule has 0 aliphatic heterocycles. The zero-order valence-corrected chi connectivity index (χ0v) is 21.8. The number of hydrogen-bond donors (Lipinski definition) is 10. The SMILES string of the molecule is NCCCCC(NC(=O)C(CCC(=O)O)NC(=O)C(CCC(N)=O)NC(=O)C(N)CCCN=C(N)N)C(=O)O. The van der Waals surface area contributed by atoms with Gasteiger partial charge in [-0.2, -0.15) is 0 Å². The molecule has 4 atom stereocenters. The molecule has 0 radical (unpaired) electrons. The maximum Gasteiger partial charge on any atom is 0.326 e. The lowest BCUT2D eigenvalue weighted by Gasteiger charge is -2.25. The number of aliphatic carboxylic acids is 2. The maximum atomic E-state index is 13.0. The molecular weight excluding hydrogens is 518 g/mol. The molecule has 0 fully saturated rings. The Morgan fingerprint density at radius 1 is 0.692 bits per heavy atom. The second-order valence-corrected chi connectivity index (χ2v) is 8.80. The number of primary amides is 1. The molecule has 15 N–H and O–H groups in total. The molecule has 0 rings (SSSR count). The van der Waals surface area contributed by atoms with Gasteiger partial charge in [0.1, 0.15) is 18.1 Å². The number of rotatable bonds is 21. The molecule has 0 spiro atoms. The van der Waals surface area contributed by atoms with Crippen molar-refractivity contribution in [3.63, 3.8) is 0 Å². The molecule has 17 nitrogen and oxygen atoms in total. The van der Waals surface area contributed by atoms with Gasteiger partial charge in [-0.1, -0.05) is 0 Å². The molecule has 4 amide bonds. The van der Waals surface area contributed by atoms with E-state index in [-0.39, 0.29) is 44.6 Å². The zero-order chi connectivity index (χ0) is 30.0. The first-order chi connectivity index (χ1) is 18.3. The second-order valence-electron chi connectivity index (χ2n) is 8.80. The Kier molecular flexibility index (Phi) is 17.2. The van der Waals surface area contributed by atoms with Crippen molar-refractivity contribution < 1.29 is 39.0 Å². The van der Waals surface area contributed by atoms with E-state index in [0.29, 0.717) is 25.8 Å². The number of amides is 4. The van der Waals surface area contributed by atoms with Crippen molar-refractivity contribution in [2.45, 2.75) is 82.0 Å². The van der Waals surface area contributed by atoms with Crippen LogP contribution in [0, 0.1) is 0 Å². The summed E-state index contributed by atoms with van der Waals surface area (Å²) in [5.41, 5.74) is 26.9. The maximum absolute atomic E-state index is 13.0. The monoisotopic (exact) mass is 559 g/mol. The Labute approximate surface area is 225 Å². The summed E-state index contributed by atoms with van der Waals surface area (Å²) in [6.45, 7) is 0.550. The van der Waals surface area contributed by atoms with Gasteiger partial charge in [0.05, 0.1) is 6.04 Å². The van der Waals surface area contributed by atoms with E-state index in [2.05, 4.69) is 20.9 Å². The van der Waals surface area contributed by atoms with Gasteiger partial charge in [0.2, 0.25) is 23.6 Å². The van der Waals surface area contributed by atoms with Crippen LogP contribution in [-0.4, -0.2) is 89.0 Å². The van der Waals surface area contributed by atoms with Crippen LogP contribution in [0.1, 0.15) is 57.8 Å². The second kappa shape index (κ2) is 19.1. The summed E-state index contributed by atoms with van der Waals surface area (Å²) < 4.78 is 0. The van der Waals surface area contributed by atoms with Crippen LogP contribution in [0.15, 0.2) is 4.99 Å². The number of carbonyl (C=O) groups excluding carboxylic acids is 4. The average molecular weight is 560 g/mol. The molecule has 0 aliphatic rings. The lowest BCUT2D eigenvalue weighted by atomic mass is 10.0. The zero-order valence-electron chi connectivity index (χ0n) is 21.8. The summed E-state index contributed by atoms with van der Waals surface area (Å²) in [6.07, 6.45) is 0.0878. The van der Waals surface area contributed by atoms with Crippen LogP contribution in [-0.2, 0) is 28.8 Å². The number of carboxylic acids is 2. The minimum Gasteiger partial charge on any atom is -0.481 e. The minimum atomic E-state index is -1.45. The van der Waals surface area contributed by atoms with Crippen LogP contribution in [0.2, 0.25) is 0 Å². The van der Waals surface area contributed by atoms with Gasteiger partial charge in [0.15, 0.2) is 5.96 Å². The van der Waals surface area contributed by atoms with Crippen molar-refractivity contribution in [3.05, 3.63) is 0 Å². The molecule has 0 aromatic rings. The topological polar surface area (TPSA) is 321 Å². The van der Waals surface area contributed by atoms with E-state index in [4.69, 9.17) is 33.8 Å². The minimum absolute atomic E-state index is 0.0657. The number of unbranched alkanes of at least 4 members (excludes halogenated alkanes) is 1. The first kappa shape index (κ1) is 35.0. The Bertz CT molecular complexity index is 880. The van der Waals surface area contributed by atoms with Gasteiger partial charge < -0.3 is 54.8 Å². The average Bonchev–Trinajstić information content (AvgIpc) is 2.85. The van der Waals surface area contributed by atoms with Gasteiger partial charge in [-0.25, -0.2) is 4.79 Å². The predicted molar refractivity (Wildman–Crippen MR) is 140 cm³/mol. The van der Waals surface area contributed by atoms with Crippen molar-refractivity contribution in [3.8, 4) is 0 Å². The first-order valence-corrected chi connectivity index (χ1v) is 12.4. The van der Waals surface area contributed by atoms with Crippen molar-refractivity contribution >= 4 is 41.5 Å². The molecule has 17 heteroatoms. The van der Waals surface area contributed by atoms with E-state index in [0.717, 1.165) is 0 Å². The molecule has 0 aliphatic carbocycles. The Morgan fingerprint density at radius 2 is 1.23 bits per heavy atom. The van der Waals surface area contributed by atoms with Crippen LogP contribution in [0.25, 0.3) is 0 Å². The summed E-state index contributed by atoms with van der Waals surface area (Å²) in [4.78, 5) is 76.2. The van der Waals surface area contributed by atoms with Crippen molar-refractivity contribution in [1.29, 1.82) is 0 Å². The first-order valence-electron chi connectivity index (χ1n) is 12.4. The molecule has 0 saturated carbocycles. The Hall–Kier alpha value is -3.99. The largest absolute Gasteiger partial charge is 0.481 e. The van der Waals surface area contributed by atoms with E-state index >= 15 is 0 Å². The number of guanidine groups is 1. The van der Waals surface area contributed by atoms with Gasteiger partial charge in [-0.15, -0.1) is 0 Å². The fourth-order valence-electron chi connectivity index (χ4n) is 3.32. The fourth-order valence-corrected chi connectivity index (χ4v) is 3.32. The number of aliphatic imine (C=N–C) groups is 1. The van der Waals surface area contributed by atoms with Crippen molar-refractivity contribution in [2.75, 3.05) is 13.1 Å². The Morgan fingerprint density at radius 3 is 1.72 bits per heavy atom. The number of carboxylic acid groups (broad SMARTS) is 2. The van der Waals surface area contributed by atoms with Crippen molar-refractivity contribution in [1.82, 2.24) is 16.0 Å². The predicted octanol–water partition coefficient (Wildman–Crippen LogP) is -3.83. The highest BCUT2D eigenvalue weighted by molar-refractivity contribution is 5.94. The number of carbonyl (C=O) groups is 6. The van der Waals surface area contributed by atoms with Gasteiger partial charge >= 0.3 is 11.9 Å². The third-order valence-electron chi connectivity index (χ3n) is 5.46. The molecule has 4 unspecified atom stereocenters. The highest BCUT2D eigenvalue weighted by Gasteiger charge is 2.30. The molecule has 0 aromatic heterocycles. The third kappa shape index (κ3) is 16.5. The fraction of sp³-hybridized carbons (Fsp3) is 0.682. The normalized spacial score (nSPS) is 13.7. The van der Waals surface area contributed by atoms with E-state index in [1.54, 1.807) is 0 Å². The number of nitrogens with two attached hydrogens (primary N) is 5. The number of nitrogens with one attached hydrogen (secondary N) is 3. The molecular formula is C22H41N9O8. The molecule has 0 heterocycles. The highest BCUT2D eigenvalue weighted by Crippen LogP contribution is 2.07. The molecule has 222 valence electrons. The van der Waals surface area contributed by atoms with Crippen molar-refractivity contribution in [2.24, 2.45) is 33.7 Å². The van der Waals surface area contributed by atoms with Crippen LogP contribution in [0.5, 0.6) is 0 Å². The standard InChI is InChI=1S/C22H41N9O8/c23-10-2-1-5-15(21(38)39)31-20(37)14(7-9-17(33)34)30-19(36)13(6-8-16(25)32)29-18(35)12(24)4-3-11-28-22(26)27/h12-15H,1-11,23-24H2,(H2,25,32)(H,29,35)(H,30,36)(H,31,37)(H,33,34)(H,38,39)(H4,26,27,28). The lowest BCUT2D eigenvalue weighted by Crippen LogP contribution is -2.57. The van der Waals surface area contributed by atoms with Crippen LogP contribution in [0.4, 0.5) is 0 Å². The van der Waals surface area contributed by atoms with E-state index in [1.807, 2.05) is 0 Å². The Balaban J connectivity index is 5.54. The van der Waals surface area contributed by atoms with Crippen LogP contribution in [0.3, 0.4) is 0 Å². The third-order valence-corrected chi connectivity index (χ3v) is 5.46.